The van der Waals surface area contributed by atoms with Gasteiger partial charge in [-0.05, 0) is 106 Å². The zero-order valence-corrected chi connectivity index (χ0v) is 22.7. The SMILES string of the molecule is CC1=C(OC(C)C)C(=O)C=C2C1=CC=C1C2(C)CCC2C3CC(C)(C(N)=O)CCC3(C)CCC12C. The topological polar surface area (TPSA) is 69.4 Å². The Labute approximate surface area is 211 Å². The molecule has 5 rings (SSSR count). The maximum absolute atomic E-state index is 13.2. The highest BCUT2D eigenvalue weighted by Crippen LogP contribution is 2.70. The van der Waals surface area contributed by atoms with Gasteiger partial charge < -0.3 is 10.5 Å². The van der Waals surface area contributed by atoms with Crippen LogP contribution < -0.4 is 5.73 Å². The van der Waals surface area contributed by atoms with E-state index in [0.29, 0.717) is 17.6 Å². The van der Waals surface area contributed by atoms with Crippen molar-refractivity contribution in [2.75, 3.05) is 0 Å². The number of fused-ring (bicyclic) bond motifs is 7. The van der Waals surface area contributed by atoms with Crippen LogP contribution in [0.4, 0.5) is 0 Å². The maximum Gasteiger partial charge on any atom is 0.223 e. The zero-order chi connectivity index (χ0) is 25.6. The number of allylic oxidation sites excluding steroid dienone is 7. The summed E-state index contributed by atoms with van der Waals surface area (Å²) in [6.45, 7) is 15.3. The first kappa shape index (κ1) is 24.6. The third kappa shape index (κ3) is 3.38. The van der Waals surface area contributed by atoms with Crippen LogP contribution in [0.15, 0.2) is 46.3 Å². The predicted octanol–water partition coefficient (Wildman–Crippen LogP) is 6.58. The molecular weight excluding hydrogens is 434 g/mol. The van der Waals surface area contributed by atoms with Crippen LogP contribution in [0.1, 0.15) is 93.4 Å². The van der Waals surface area contributed by atoms with Crippen molar-refractivity contribution >= 4 is 11.7 Å². The molecule has 2 N–H and O–H groups in total. The highest BCUT2D eigenvalue weighted by Gasteiger charge is 2.62. The summed E-state index contributed by atoms with van der Waals surface area (Å²) in [4.78, 5) is 25.6. The molecule has 5 aliphatic rings. The second-order valence-corrected chi connectivity index (χ2v) is 13.5. The van der Waals surface area contributed by atoms with Gasteiger partial charge in [-0.15, -0.1) is 0 Å². The van der Waals surface area contributed by atoms with Gasteiger partial charge in [-0.2, -0.15) is 0 Å². The quantitative estimate of drug-likeness (QED) is 0.499. The number of carbonyl (C=O) groups is 2. The van der Waals surface area contributed by atoms with Gasteiger partial charge >= 0.3 is 0 Å². The summed E-state index contributed by atoms with van der Waals surface area (Å²) < 4.78 is 5.93. The van der Waals surface area contributed by atoms with Crippen molar-refractivity contribution in [1.82, 2.24) is 0 Å². The molecule has 0 aromatic carbocycles. The molecule has 190 valence electrons. The summed E-state index contributed by atoms with van der Waals surface area (Å²) in [7, 11) is 0. The second-order valence-electron chi connectivity index (χ2n) is 13.5. The first-order valence-electron chi connectivity index (χ1n) is 13.6. The fourth-order valence-electron chi connectivity index (χ4n) is 8.64. The molecule has 4 nitrogen and oxygen atoms in total. The summed E-state index contributed by atoms with van der Waals surface area (Å²) >= 11 is 0. The summed E-state index contributed by atoms with van der Waals surface area (Å²) in [5.41, 5.74) is 10.5. The Morgan fingerprint density at radius 2 is 1.71 bits per heavy atom. The number of hydrogen-bond acceptors (Lipinski definition) is 3. The van der Waals surface area contributed by atoms with Crippen molar-refractivity contribution in [3.8, 4) is 0 Å². The van der Waals surface area contributed by atoms with Gasteiger partial charge in [0.2, 0.25) is 11.7 Å². The number of carbonyl (C=O) groups excluding carboxylic acids is 2. The minimum Gasteiger partial charge on any atom is -0.487 e. The van der Waals surface area contributed by atoms with E-state index in [4.69, 9.17) is 10.5 Å². The molecule has 3 saturated carbocycles. The van der Waals surface area contributed by atoms with Crippen molar-refractivity contribution in [1.29, 1.82) is 0 Å². The minimum absolute atomic E-state index is 0.00109. The van der Waals surface area contributed by atoms with E-state index >= 15 is 0 Å². The van der Waals surface area contributed by atoms with Gasteiger partial charge in [-0.1, -0.05) is 45.4 Å². The molecule has 0 aromatic rings. The highest BCUT2D eigenvalue weighted by molar-refractivity contribution is 6.07. The predicted molar refractivity (Wildman–Crippen MR) is 139 cm³/mol. The zero-order valence-electron chi connectivity index (χ0n) is 22.7. The molecule has 0 heterocycles. The smallest absolute Gasteiger partial charge is 0.223 e. The van der Waals surface area contributed by atoms with Gasteiger partial charge in [0.15, 0.2) is 5.76 Å². The molecule has 3 fully saturated rings. The third-order valence-electron chi connectivity index (χ3n) is 11.0. The molecule has 0 bridgehead atoms. The van der Waals surface area contributed by atoms with Crippen molar-refractivity contribution in [2.45, 2.75) is 99.5 Å². The van der Waals surface area contributed by atoms with E-state index in [1.54, 1.807) is 0 Å². The Bertz CT molecular complexity index is 1120. The van der Waals surface area contributed by atoms with Crippen LogP contribution in [0.3, 0.4) is 0 Å². The molecule has 5 aliphatic carbocycles. The molecule has 0 saturated heterocycles. The summed E-state index contributed by atoms with van der Waals surface area (Å²) in [6, 6.07) is 0. The Hall–Kier alpha value is -2.10. The summed E-state index contributed by atoms with van der Waals surface area (Å²) in [5, 5.41) is 0. The number of hydrogen-bond donors (Lipinski definition) is 1. The van der Waals surface area contributed by atoms with E-state index in [0.717, 1.165) is 43.3 Å². The van der Waals surface area contributed by atoms with E-state index in [9.17, 15) is 9.59 Å². The van der Waals surface area contributed by atoms with Crippen LogP contribution >= 0.6 is 0 Å². The molecule has 0 spiro atoms. The lowest BCUT2D eigenvalue weighted by atomic mass is 9.39. The van der Waals surface area contributed by atoms with Gasteiger partial charge in [0.25, 0.3) is 0 Å². The number of ether oxygens (including phenoxy) is 1. The fraction of sp³-hybridized carbons (Fsp3) is 0.677. The van der Waals surface area contributed by atoms with Crippen LogP contribution in [0.2, 0.25) is 0 Å². The molecule has 0 aliphatic heterocycles. The van der Waals surface area contributed by atoms with Gasteiger partial charge in [0.05, 0.1) is 6.10 Å². The van der Waals surface area contributed by atoms with Crippen molar-refractivity contribution in [3.63, 3.8) is 0 Å². The second kappa shape index (κ2) is 7.70. The summed E-state index contributed by atoms with van der Waals surface area (Å²) in [5.74, 6) is 1.39. The normalized spacial score (nSPS) is 42.7. The van der Waals surface area contributed by atoms with Crippen LogP contribution in [0, 0.1) is 33.5 Å². The van der Waals surface area contributed by atoms with E-state index in [-0.39, 0.29) is 34.0 Å². The van der Waals surface area contributed by atoms with Crippen LogP contribution in [0.5, 0.6) is 0 Å². The highest BCUT2D eigenvalue weighted by atomic mass is 16.5. The Kier molecular flexibility index (Phi) is 5.41. The summed E-state index contributed by atoms with van der Waals surface area (Å²) in [6.07, 6.45) is 13.9. The Morgan fingerprint density at radius 3 is 2.37 bits per heavy atom. The Balaban J connectivity index is 1.57. The first-order chi connectivity index (χ1) is 16.3. The number of ketones is 1. The van der Waals surface area contributed by atoms with Crippen LogP contribution in [-0.4, -0.2) is 17.8 Å². The van der Waals surface area contributed by atoms with Crippen molar-refractivity contribution in [3.05, 3.63) is 46.3 Å². The van der Waals surface area contributed by atoms with E-state index < -0.39 is 5.41 Å². The first-order valence-corrected chi connectivity index (χ1v) is 13.6. The number of rotatable bonds is 3. The average molecular weight is 478 g/mol. The fourth-order valence-corrected chi connectivity index (χ4v) is 8.64. The third-order valence-corrected chi connectivity index (χ3v) is 11.0. The average Bonchev–Trinajstić information content (AvgIpc) is 2.77. The van der Waals surface area contributed by atoms with Gasteiger partial charge in [-0.3, -0.25) is 9.59 Å². The van der Waals surface area contributed by atoms with Crippen molar-refractivity contribution in [2.24, 2.45) is 39.2 Å². The van der Waals surface area contributed by atoms with Gasteiger partial charge in [0.1, 0.15) is 0 Å². The molecule has 0 radical (unpaired) electrons. The molecular formula is C31H43NO3. The molecule has 4 heteroatoms. The maximum atomic E-state index is 13.2. The largest absolute Gasteiger partial charge is 0.487 e. The number of amides is 1. The lowest BCUT2D eigenvalue weighted by molar-refractivity contribution is -0.141. The lowest BCUT2D eigenvalue weighted by Crippen LogP contribution is -2.57. The molecule has 35 heavy (non-hydrogen) atoms. The van der Waals surface area contributed by atoms with Crippen LogP contribution in [-0.2, 0) is 14.3 Å². The molecule has 6 unspecified atom stereocenters. The molecule has 0 aromatic heterocycles. The van der Waals surface area contributed by atoms with E-state index in [2.05, 4.69) is 39.8 Å². The van der Waals surface area contributed by atoms with Gasteiger partial charge in [0, 0.05) is 16.4 Å². The number of nitrogens with two attached hydrogens (primary N) is 1. The molecule has 6 atom stereocenters. The monoisotopic (exact) mass is 477 g/mol. The minimum atomic E-state index is -0.399. The Morgan fingerprint density at radius 1 is 1.03 bits per heavy atom. The van der Waals surface area contributed by atoms with Gasteiger partial charge in [-0.25, -0.2) is 0 Å². The van der Waals surface area contributed by atoms with E-state index in [1.807, 2.05) is 26.8 Å². The van der Waals surface area contributed by atoms with Crippen LogP contribution in [0.25, 0.3) is 0 Å². The van der Waals surface area contributed by atoms with Crippen molar-refractivity contribution < 1.29 is 14.3 Å². The standard InChI is InChI=1S/C31H43NO3/c1-18(2)35-26-19(3)20-8-9-25-30(6,22(20)16-24(26)33)11-10-21-23-17-29(5,27(32)34)13-12-28(23,4)14-15-31(21,25)7/h8-9,16,18,21,23H,10-15,17H2,1-7H3,(H2,32,34). The lowest BCUT2D eigenvalue weighted by Gasteiger charge is -2.64. The molecule has 1 amide bonds. The van der Waals surface area contributed by atoms with E-state index in [1.165, 1.54) is 24.0 Å². The number of primary amides is 1.